The summed E-state index contributed by atoms with van der Waals surface area (Å²) in [6.45, 7) is 4.90. The minimum absolute atomic E-state index is 0.373. The zero-order chi connectivity index (χ0) is 15.1. The molecular weight excluding hydrogens is 250 g/mol. The van der Waals surface area contributed by atoms with Gasteiger partial charge in [-0.3, -0.25) is 0 Å². The highest BCUT2D eigenvalue weighted by atomic mass is 16.8. The Morgan fingerprint density at radius 1 is 0.550 bits per heavy atom. The number of hydrogen-bond donors (Lipinski definition) is 2. The van der Waals surface area contributed by atoms with Crippen LogP contribution in [0, 0.1) is 0 Å². The molecule has 0 atom stereocenters. The van der Waals surface area contributed by atoms with Crippen LogP contribution in [0.3, 0.4) is 0 Å². The standard InChI is InChI=1S/C17H38NO2/c1-3-5-6-7-8-9-10-11-12-13-14-15-16-17-18(19,20)4-2/h19-20H,3-17H2,1-2H3/q+1. The van der Waals surface area contributed by atoms with Gasteiger partial charge in [-0.25, -0.2) is 0 Å². The molecular formula is C17H38NO2+. The molecule has 0 spiro atoms. The molecule has 0 fully saturated rings. The van der Waals surface area contributed by atoms with E-state index in [-0.39, 0.29) is 0 Å². The fourth-order valence-corrected chi connectivity index (χ4v) is 2.54. The van der Waals surface area contributed by atoms with Crippen LogP contribution in [-0.4, -0.2) is 28.3 Å². The molecule has 0 aliphatic heterocycles. The highest BCUT2D eigenvalue weighted by Crippen LogP contribution is 2.12. The van der Waals surface area contributed by atoms with Crippen molar-refractivity contribution in [1.29, 1.82) is 0 Å². The van der Waals surface area contributed by atoms with E-state index in [2.05, 4.69) is 6.92 Å². The minimum atomic E-state index is -0.808. The average molecular weight is 288 g/mol. The van der Waals surface area contributed by atoms with Crippen molar-refractivity contribution in [3.8, 4) is 0 Å². The summed E-state index contributed by atoms with van der Waals surface area (Å²) in [5, 5.41) is 18.8. The second kappa shape index (κ2) is 13.8. The van der Waals surface area contributed by atoms with Gasteiger partial charge in [-0.2, -0.15) is 10.4 Å². The lowest BCUT2D eigenvalue weighted by molar-refractivity contribution is -1.24. The monoisotopic (exact) mass is 288 g/mol. The largest absolute Gasteiger partial charge is 0.182 e. The molecule has 0 rings (SSSR count). The Kier molecular flexibility index (Phi) is 13.8. The van der Waals surface area contributed by atoms with Crippen molar-refractivity contribution in [2.45, 2.75) is 97.3 Å². The molecule has 0 saturated carbocycles. The van der Waals surface area contributed by atoms with Crippen molar-refractivity contribution in [3.63, 3.8) is 0 Å². The van der Waals surface area contributed by atoms with Crippen molar-refractivity contribution in [1.82, 2.24) is 0 Å². The molecule has 20 heavy (non-hydrogen) atoms. The van der Waals surface area contributed by atoms with Crippen LogP contribution in [0.15, 0.2) is 0 Å². The molecule has 122 valence electrons. The minimum Gasteiger partial charge on any atom is -0.182 e. The number of hydroxylamine groups is 4. The van der Waals surface area contributed by atoms with Gasteiger partial charge in [0, 0.05) is 6.42 Å². The lowest BCUT2D eigenvalue weighted by Crippen LogP contribution is -2.41. The third kappa shape index (κ3) is 14.3. The molecule has 0 aromatic rings. The van der Waals surface area contributed by atoms with E-state index in [4.69, 9.17) is 0 Å². The van der Waals surface area contributed by atoms with Crippen LogP contribution in [0.4, 0.5) is 0 Å². The predicted molar refractivity (Wildman–Crippen MR) is 84.9 cm³/mol. The third-order valence-electron chi connectivity index (χ3n) is 4.13. The summed E-state index contributed by atoms with van der Waals surface area (Å²) in [4.78, 5) is -0.808. The zero-order valence-corrected chi connectivity index (χ0v) is 13.9. The van der Waals surface area contributed by atoms with Gasteiger partial charge in [0.25, 0.3) is 0 Å². The molecule has 3 heteroatoms. The van der Waals surface area contributed by atoms with Crippen LogP contribution in [-0.2, 0) is 0 Å². The lowest BCUT2D eigenvalue weighted by Gasteiger charge is -2.18. The average Bonchev–Trinajstić information content (AvgIpc) is 2.44. The number of nitrogens with zero attached hydrogens (tertiary/aromatic N) is 1. The Bertz CT molecular complexity index is 195. The Morgan fingerprint density at radius 2 is 0.900 bits per heavy atom. The Morgan fingerprint density at radius 3 is 1.25 bits per heavy atom. The summed E-state index contributed by atoms with van der Waals surface area (Å²) in [6.07, 6.45) is 17.1. The number of unbranched alkanes of at least 4 members (excludes halogenated alkanes) is 12. The van der Waals surface area contributed by atoms with E-state index in [9.17, 15) is 10.4 Å². The van der Waals surface area contributed by atoms with E-state index in [0.29, 0.717) is 13.1 Å². The first-order chi connectivity index (χ1) is 9.62. The second-order valence-corrected chi connectivity index (χ2v) is 6.16. The van der Waals surface area contributed by atoms with E-state index in [0.717, 1.165) is 12.8 Å². The molecule has 0 aromatic heterocycles. The van der Waals surface area contributed by atoms with Gasteiger partial charge in [-0.05, 0) is 18.2 Å². The van der Waals surface area contributed by atoms with Gasteiger partial charge in [0.1, 0.15) is 13.1 Å². The van der Waals surface area contributed by atoms with Crippen molar-refractivity contribution in [3.05, 3.63) is 0 Å². The van der Waals surface area contributed by atoms with Crippen LogP contribution in [0.1, 0.15) is 97.3 Å². The quantitative estimate of drug-likeness (QED) is 0.231. The van der Waals surface area contributed by atoms with Crippen molar-refractivity contribution >= 4 is 0 Å². The van der Waals surface area contributed by atoms with E-state index < -0.39 is 4.81 Å². The smallest absolute Gasteiger partial charge is 0.142 e. The second-order valence-electron chi connectivity index (χ2n) is 6.16. The van der Waals surface area contributed by atoms with Gasteiger partial charge < -0.3 is 0 Å². The predicted octanol–water partition coefficient (Wildman–Crippen LogP) is 5.69. The number of quaternary nitrogens is 1. The Balaban J connectivity index is 3.06. The molecule has 0 radical (unpaired) electrons. The van der Waals surface area contributed by atoms with Crippen LogP contribution < -0.4 is 0 Å². The molecule has 3 nitrogen and oxygen atoms in total. The SMILES string of the molecule is CCCCCCCCCCCCCCC[N+](O)(O)CC. The highest BCUT2D eigenvalue weighted by molar-refractivity contribution is 4.48. The molecule has 0 amide bonds. The van der Waals surface area contributed by atoms with E-state index in [1.54, 1.807) is 6.92 Å². The molecule has 0 aliphatic carbocycles. The van der Waals surface area contributed by atoms with Crippen molar-refractivity contribution in [2.75, 3.05) is 13.1 Å². The van der Waals surface area contributed by atoms with Gasteiger partial charge in [-0.1, -0.05) is 77.6 Å². The molecule has 0 aliphatic rings. The normalized spacial score (nSPS) is 12.0. The lowest BCUT2D eigenvalue weighted by atomic mass is 10.0. The van der Waals surface area contributed by atoms with Gasteiger partial charge >= 0.3 is 0 Å². The molecule has 0 bridgehead atoms. The van der Waals surface area contributed by atoms with E-state index in [1.165, 1.54) is 70.6 Å². The van der Waals surface area contributed by atoms with Gasteiger partial charge in [0.15, 0.2) is 0 Å². The summed E-state index contributed by atoms with van der Waals surface area (Å²) < 4.78 is 0. The summed E-state index contributed by atoms with van der Waals surface area (Å²) in [5.41, 5.74) is 0. The summed E-state index contributed by atoms with van der Waals surface area (Å²) in [7, 11) is 0. The maximum atomic E-state index is 9.39. The number of hydrogen-bond acceptors (Lipinski definition) is 2. The highest BCUT2D eigenvalue weighted by Gasteiger charge is 2.17. The van der Waals surface area contributed by atoms with Crippen LogP contribution in [0.2, 0.25) is 0 Å². The molecule has 0 saturated heterocycles. The summed E-state index contributed by atoms with van der Waals surface area (Å²) in [5.74, 6) is 0. The third-order valence-corrected chi connectivity index (χ3v) is 4.13. The Hall–Kier alpha value is -0.120. The topological polar surface area (TPSA) is 40.5 Å². The van der Waals surface area contributed by atoms with Crippen molar-refractivity contribution in [2.24, 2.45) is 0 Å². The fraction of sp³-hybridized carbons (Fsp3) is 1.00. The van der Waals surface area contributed by atoms with Crippen LogP contribution in [0.25, 0.3) is 0 Å². The molecule has 0 aromatic carbocycles. The van der Waals surface area contributed by atoms with Gasteiger partial charge in [0.05, 0.1) is 0 Å². The maximum absolute atomic E-state index is 9.39. The fourth-order valence-electron chi connectivity index (χ4n) is 2.54. The van der Waals surface area contributed by atoms with Gasteiger partial charge in [0.2, 0.25) is 0 Å². The zero-order valence-electron chi connectivity index (χ0n) is 13.9. The maximum Gasteiger partial charge on any atom is 0.142 e. The number of rotatable bonds is 15. The first-order valence-corrected chi connectivity index (χ1v) is 8.95. The van der Waals surface area contributed by atoms with E-state index >= 15 is 0 Å². The molecule has 0 unspecified atom stereocenters. The van der Waals surface area contributed by atoms with Crippen LogP contribution >= 0.6 is 0 Å². The summed E-state index contributed by atoms with van der Waals surface area (Å²) in [6, 6.07) is 0. The molecule has 2 N–H and O–H groups in total. The Labute approximate surface area is 126 Å². The van der Waals surface area contributed by atoms with Gasteiger partial charge in [-0.15, -0.1) is 0 Å². The van der Waals surface area contributed by atoms with Crippen LogP contribution in [0.5, 0.6) is 0 Å². The van der Waals surface area contributed by atoms with E-state index in [1.807, 2.05) is 0 Å². The first kappa shape index (κ1) is 19.9. The van der Waals surface area contributed by atoms with Crippen molar-refractivity contribution < 1.29 is 15.2 Å². The summed E-state index contributed by atoms with van der Waals surface area (Å²) >= 11 is 0. The first-order valence-electron chi connectivity index (χ1n) is 8.95. The molecule has 0 heterocycles.